The lowest BCUT2D eigenvalue weighted by Crippen LogP contribution is -2.42. The third-order valence-electron chi connectivity index (χ3n) is 3.55. The van der Waals surface area contributed by atoms with Crippen LogP contribution in [0.25, 0.3) is 0 Å². The minimum atomic E-state index is 0.613. The first-order valence-electron chi connectivity index (χ1n) is 6.68. The van der Waals surface area contributed by atoms with Gasteiger partial charge in [0.1, 0.15) is 5.01 Å². The molecule has 0 aliphatic carbocycles. The smallest absolute Gasteiger partial charge is 0.106 e. The molecule has 0 aromatic carbocycles. The van der Waals surface area contributed by atoms with Crippen molar-refractivity contribution in [3.63, 3.8) is 0 Å². The Labute approximate surface area is 117 Å². The Morgan fingerprint density at radius 3 is 2.68 bits per heavy atom. The number of hydrogen-bond donors (Lipinski definition) is 1. The second-order valence-corrected chi connectivity index (χ2v) is 5.75. The molecule has 0 atom stereocenters. The summed E-state index contributed by atoms with van der Waals surface area (Å²) in [6.07, 6.45) is 7.97. The molecule has 0 radical (unpaired) electrons. The molecule has 1 aliphatic heterocycles. The van der Waals surface area contributed by atoms with Crippen molar-refractivity contribution in [1.82, 2.24) is 15.3 Å². The summed E-state index contributed by atoms with van der Waals surface area (Å²) < 4.78 is 0. The van der Waals surface area contributed by atoms with Crippen molar-refractivity contribution in [2.24, 2.45) is 0 Å². The van der Waals surface area contributed by atoms with E-state index in [0.29, 0.717) is 6.04 Å². The van der Waals surface area contributed by atoms with Crippen molar-refractivity contribution >= 4 is 17.0 Å². The van der Waals surface area contributed by atoms with E-state index in [0.717, 1.165) is 19.6 Å². The molecule has 19 heavy (non-hydrogen) atoms. The molecule has 1 saturated heterocycles. The number of piperidine rings is 1. The van der Waals surface area contributed by atoms with Crippen LogP contribution >= 0.6 is 11.3 Å². The van der Waals surface area contributed by atoms with E-state index in [1.165, 1.54) is 23.5 Å². The number of thiazole rings is 1. The molecular weight excluding hydrogens is 256 g/mol. The van der Waals surface area contributed by atoms with Crippen molar-refractivity contribution in [2.75, 3.05) is 18.0 Å². The molecule has 3 rings (SSSR count). The summed E-state index contributed by atoms with van der Waals surface area (Å²) in [7, 11) is 0. The average molecular weight is 274 g/mol. The molecule has 3 heterocycles. The van der Waals surface area contributed by atoms with Crippen LogP contribution in [-0.4, -0.2) is 29.1 Å². The van der Waals surface area contributed by atoms with Gasteiger partial charge in [-0.15, -0.1) is 11.3 Å². The van der Waals surface area contributed by atoms with Crippen LogP contribution in [0.5, 0.6) is 0 Å². The molecule has 0 bridgehead atoms. The van der Waals surface area contributed by atoms with Crippen LogP contribution in [-0.2, 0) is 6.54 Å². The lowest BCUT2D eigenvalue weighted by atomic mass is 10.0. The third kappa shape index (κ3) is 3.30. The zero-order chi connectivity index (χ0) is 12.9. The Hall–Kier alpha value is -1.46. The highest BCUT2D eigenvalue weighted by molar-refractivity contribution is 7.09. The fourth-order valence-corrected chi connectivity index (χ4v) is 3.04. The number of rotatable bonds is 4. The summed E-state index contributed by atoms with van der Waals surface area (Å²) >= 11 is 1.72. The molecule has 0 spiro atoms. The SMILES string of the molecule is c1cc(N2CCC(NCc3nccs3)CC2)ccn1. The van der Waals surface area contributed by atoms with Gasteiger partial charge < -0.3 is 10.2 Å². The molecule has 1 fully saturated rings. The van der Waals surface area contributed by atoms with Crippen LogP contribution in [0.4, 0.5) is 5.69 Å². The lowest BCUT2D eigenvalue weighted by molar-refractivity contribution is 0.413. The van der Waals surface area contributed by atoms with Crippen LogP contribution in [0.1, 0.15) is 17.8 Å². The van der Waals surface area contributed by atoms with Crippen LogP contribution in [0.3, 0.4) is 0 Å². The predicted octanol–water partition coefficient (Wildman–Crippen LogP) is 2.30. The van der Waals surface area contributed by atoms with Crippen molar-refractivity contribution in [3.05, 3.63) is 41.1 Å². The van der Waals surface area contributed by atoms with E-state index in [2.05, 4.69) is 32.3 Å². The second kappa shape index (κ2) is 6.12. The van der Waals surface area contributed by atoms with Gasteiger partial charge in [-0.3, -0.25) is 4.98 Å². The average Bonchev–Trinajstić information content (AvgIpc) is 3.00. The maximum absolute atomic E-state index is 4.30. The normalized spacial score (nSPS) is 16.7. The Kier molecular flexibility index (Phi) is 4.05. The summed E-state index contributed by atoms with van der Waals surface area (Å²) in [5, 5.41) is 6.81. The first-order valence-corrected chi connectivity index (χ1v) is 7.56. The molecule has 2 aromatic heterocycles. The number of nitrogens with one attached hydrogen (secondary N) is 1. The van der Waals surface area contributed by atoms with E-state index in [9.17, 15) is 0 Å². The quantitative estimate of drug-likeness (QED) is 0.929. The maximum Gasteiger partial charge on any atom is 0.106 e. The molecule has 1 aliphatic rings. The van der Waals surface area contributed by atoms with Gasteiger partial charge in [0.2, 0.25) is 0 Å². The fraction of sp³-hybridized carbons (Fsp3) is 0.429. The van der Waals surface area contributed by atoms with E-state index in [4.69, 9.17) is 0 Å². The zero-order valence-electron chi connectivity index (χ0n) is 10.8. The Morgan fingerprint density at radius 2 is 2.00 bits per heavy atom. The van der Waals surface area contributed by atoms with Gasteiger partial charge in [0.15, 0.2) is 0 Å². The van der Waals surface area contributed by atoms with Gasteiger partial charge in [0.05, 0.1) is 0 Å². The first kappa shape index (κ1) is 12.6. The summed E-state index contributed by atoms with van der Waals surface area (Å²) in [5.41, 5.74) is 1.29. The van der Waals surface area contributed by atoms with Crippen molar-refractivity contribution < 1.29 is 0 Å². The minimum absolute atomic E-state index is 0.613. The third-order valence-corrected chi connectivity index (χ3v) is 4.33. The summed E-state index contributed by atoms with van der Waals surface area (Å²) in [4.78, 5) is 10.8. The van der Waals surface area contributed by atoms with E-state index in [1.807, 2.05) is 24.0 Å². The highest BCUT2D eigenvalue weighted by Crippen LogP contribution is 2.19. The summed E-state index contributed by atoms with van der Waals surface area (Å²) in [6, 6.07) is 4.79. The number of aromatic nitrogens is 2. The van der Waals surface area contributed by atoms with Gasteiger partial charge >= 0.3 is 0 Å². The van der Waals surface area contributed by atoms with E-state index in [-0.39, 0.29) is 0 Å². The highest BCUT2D eigenvalue weighted by Gasteiger charge is 2.18. The second-order valence-electron chi connectivity index (χ2n) is 4.77. The standard InChI is InChI=1S/C14H18N4S/c1-5-15-6-2-13(1)18-8-3-12(4-9-18)17-11-14-16-7-10-19-14/h1-2,5-7,10,12,17H,3-4,8-9,11H2. The Bertz CT molecular complexity index is 477. The molecular formula is C14H18N4S. The highest BCUT2D eigenvalue weighted by atomic mass is 32.1. The van der Waals surface area contributed by atoms with Crippen molar-refractivity contribution in [1.29, 1.82) is 0 Å². The monoisotopic (exact) mass is 274 g/mol. The topological polar surface area (TPSA) is 41.0 Å². The van der Waals surface area contributed by atoms with E-state index >= 15 is 0 Å². The number of nitrogens with zero attached hydrogens (tertiary/aromatic N) is 3. The summed E-state index contributed by atoms with van der Waals surface area (Å²) in [5.74, 6) is 0. The van der Waals surface area contributed by atoms with Crippen LogP contribution < -0.4 is 10.2 Å². The minimum Gasteiger partial charge on any atom is -0.371 e. The van der Waals surface area contributed by atoms with Gasteiger partial charge in [0.25, 0.3) is 0 Å². The first-order chi connectivity index (χ1) is 9.42. The largest absolute Gasteiger partial charge is 0.371 e. The number of hydrogen-bond acceptors (Lipinski definition) is 5. The summed E-state index contributed by atoms with van der Waals surface area (Å²) in [6.45, 7) is 3.12. The van der Waals surface area contributed by atoms with E-state index < -0.39 is 0 Å². The molecule has 0 saturated carbocycles. The van der Waals surface area contributed by atoms with Gasteiger partial charge in [-0.2, -0.15) is 0 Å². The number of pyridine rings is 1. The lowest BCUT2D eigenvalue weighted by Gasteiger charge is -2.33. The fourth-order valence-electron chi connectivity index (χ4n) is 2.47. The van der Waals surface area contributed by atoms with Gasteiger partial charge in [-0.25, -0.2) is 4.98 Å². The van der Waals surface area contributed by atoms with E-state index in [1.54, 1.807) is 11.3 Å². The molecule has 100 valence electrons. The Morgan fingerprint density at radius 1 is 1.21 bits per heavy atom. The van der Waals surface area contributed by atoms with Crippen molar-refractivity contribution in [3.8, 4) is 0 Å². The number of anilines is 1. The van der Waals surface area contributed by atoms with Gasteiger partial charge in [0, 0.05) is 55.3 Å². The van der Waals surface area contributed by atoms with Crippen LogP contribution in [0.2, 0.25) is 0 Å². The molecule has 4 nitrogen and oxygen atoms in total. The van der Waals surface area contributed by atoms with Crippen molar-refractivity contribution in [2.45, 2.75) is 25.4 Å². The molecule has 2 aromatic rings. The predicted molar refractivity (Wildman–Crippen MR) is 78.4 cm³/mol. The van der Waals surface area contributed by atoms with Gasteiger partial charge in [-0.05, 0) is 25.0 Å². The molecule has 1 N–H and O–H groups in total. The molecule has 0 amide bonds. The zero-order valence-corrected chi connectivity index (χ0v) is 11.6. The molecule has 5 heteroatoms. The van der Waals surface area contributed by atoms with Crippen LogP contribution in [0.15, 0.2) is 36.1 Å². The van der Waals surface area contributed by atoms with Crippen LogP contribution in [0, 0.1) is 0 Å². The molecule has 0 unspecified atom stereocenters. The van der Waals surface area contributed by atoms with Gasteiger partial charge in [-0.1, -0.05) is 0 Å². The Balaban J connectivity index is 1.47. The maximum atomic E-state index is 4.30.